The third-order valence-corrected chi connectivity index (χ3v) is 8.00. The minimum absolute atomic E-state index is 0.141. The van der Waals surface area contributed by atoms with Crippen molar-refractivity contribution in [1.82, 2.24) is 10.2 Å². The van der Waals surface area contributed by atoms with Crippen LogP contribution in [-0.4, -0.2) is 50.5 Å². The summed E-state index contributed by atoms with van der Waals surface area (Å²) in [6, 6.07) is 23.4. The van der Waals surface area contributed by atoms with E-state index in [1.165, 1.54) is 4.90 Å². The molecule has 39 heavy (non-hydrogen) atoms. The quantitative estimate of drug-likeness (QED) is 0.296. The Labute approximate surface area is 240 Å². The number of para-hydroxylation sites is 1. The molecule has 7 nitrogen and oxygen atoms in total. The summed E-state index contributed by atoms with van der Waals surface area (Å²) in [7, 11) is -3.80. The van der Waals surface area contributed by atoms with E-state index in [0.29, 0.717) is 25.1 Å². The third-order valence-electron chi connectivity index (χ3n) is 6.38. The number of carbonyl (C=O) groups excluding carboxylic acids is 2. The van der Waals surface area contributed by atoms with E-state index < -0.39 is 28.5 Å². The molecule has 208 valence electrons. The summed E-state index contributed by atoms with van der Waals surface area (Å²) in [6.07, 6.45) is 2.74. The molecule has 9 heteroatoms. The molecule has 3 aromatic rings. The van der Waals surface area contributed by atoms with E-state index in [1.54, 1.807) is 12.1 Å². The van der Waals surface area contributed by atoms with Crippen molar-refractivity contribution in [2.24, 2.45) is 0 Å². The van der Waals surface area contributed by atoms with Gasteiger partial charge in [0.2, 0.25) is 21.8 Å². The highest BCUT2D eigenvalue weighted by atomic mass is 79.9. The molecular formula is C30H36BrN3O4S. The van der Waals surface area contributed by atoms with E-state index in [9.17, 15) is 18.0 Å². The molecule has 3 aromatic carbocycles. The number of hydrogen-bond donors (Lipinski definition) is 1. The van der Waals surface area contributed by atoms with Crippen LogP contribution >= 0.6 is 15.9 Å². The number of nitrogens with zero attached hydrogens (tertiary/aromatic N) is 2. The number of anilines is 1. The molecule has 0 aromatic heterocycles. The van der Waals surface area contributed by atoms with Gasteiger partial charge in [-0.15, -0.1) is 0 Å². The Hall–Kier alpha value is -3.17. The van der Waals surface area contributed by atoms with Crippen molar-refractivity contribution in [2.75, 3.05) is 23.7 Å². The van der Waals surface area contributed by atoms with Gasteiger partial charge in [0.05, 0.1) is 11.9 Å². The van der Waals surface area contributed by atoms with Crippen LogP contribution in [0.5, 0.6) is 0 Å². The Kier molecular flexibility index (Phi) is 11.1. The standard InChI is InChI=1S/C30H36BrN3O4S/c1-4-18-32-30(36)28(20-23-12-7-6-8-13-23)33(21-24-14-11-16-26(31)19-24)29(35)22-34(39(3,37)38)27-17-10-9-15-25(27)5-2/h6-17,19,28H,4-5,18,20-22H2,1-3H3,(H,32,36). The smallest absolute Gasteiger partial charge is 0.244 e. The fraction of sp³-hybridized carbons (Fsp3) is 0.333. The number of rotatable bonds is 13. The van der Waals surface area contributed by atoms with Crippen molar-refractivity contribution in [3.05, 3.63) is 100 Å². The van der Waals surface area contributed by atoms with Crippen molar-refractivity contribution in [1.29, 1.82) is 0 Å². The lowest BCUT2D eigenvalue weighted by atomic mass is 10.0. The Morgan fingerprint density at radius 2 is 1.59 bits per heavy atom. The van der Waals surface area contributed by atoms with Gasteiger partial charge >= 0.3 is 0 Å². The van der Waals surface area contributed by atoms with Gasteiger partial charge in [-0.05, 0) is 47.7 Å². The van der Waals surface area contributed by atoms with Crippen LogP contribution in [0.25, 0.3) is 0 Å². The molecule has 0 saturated heterocycles. The fourth-order valence-electron chi connectivity index (χ4n) is 4.40. The molecule has 1 N–H and O–H groups in total. The monoisotopic (exact) mass is 613 g/mol. The number of aryl methyl sites for hydroxylation is 1. The van der Waals surface area contributed by atoms with Crippen LogP contribution in [0.3, 0.4) is 0 Å². The number of sulfonamides is 1. The molecule has 0 spiro atoms. The van der Waals surface area contributed by atoms with Gasteiger partial charge in [-0.3, -0.25) is 13.9 Å². The molecule has 3 rings (SSSR count). The summed E-state index contributed by atoms with van der Waals surface area (Å²) in [5.41, 5.74) is 3.00. The molecular weight excluding hydrogens is 578 g/mol. The zero-order valence-corrected chi connectivity index (χ0v) is 25.0. The maximum absolute atomic E-state index is 14.1. The van der Waals surface area contributed by atoms with E-state index in [1.807, 2.05) is 80.6 Å². The molecule has 0 heterocycles. The SMILES string of the molecule is CCCNC(=O)C(Cc1ccccc1)N(Cc1cccc(Br)c1)C(=O)CN(c1ccccc1CC)S(C)(=O)=O. The highest BCUT2D eigenvalue weighted by Gasteiger charge is 2.33. The van der Waals surface area contributed by atoms with E-state index in [-0.39, 0.29) is 12.5 Å². The van der Waals surface area contributed by atoms with Crippen molar-refractivity contribution in [3.8, 4) is 0 Å². The number of carbonyl (C=O) groups is 2. The second kappa shape index (κ2) is 14.3. The maximum Gasteiger partial charge on any atom is 0.244 e. The summed E-state index contributed by atoms with van der Waals surface area (Å²) in [5.74, 6) is -0.734. The molecule has 0 bridgehead atoms. The molecule has 0 aliphatic rings. The topological polar surface area (TPSA) is 86.8 Å². The first kappa shape index (κ1) is 30.4. The van der Waals surface area contributed by atoms with Gasteiger partial charge in [0.15, 0.2) is 0 Å². The van der Waals surface area contributed by atoms with Crippen LogP contribution in [0.2, 0.25) is 0 Å². The predicted molar refractivity (Wildman–Crippen MR) is 160 cm³/mol. The van der Waals surface area contributed by atoms with Gasteiger partial charge in [0.25, 0.3) is 0 Å². The van der Waals surface area contributed by atoms with Gasteiger partial charge in [0, 0.05) is 24.0 Å². The van der Waals surface area contributed by atoms with Crippen LogP contribution < -0.4 is 9.62 Å². The first-order valence-electron chi connectivity index (χ1n) is 13.0. The normalized spacial score (nSPS) is 12.0. The summed E-state index contributed by atoms with van der Waals surface area (Å²) in [6.45, 7) is 4.10. The van der Waals surface area contributed by atoms with Gasteiger partial charge in [-0.25, -0.2) is 8.42 Å². The van der Waals surface area contributed by atoms with Crippen molar-refractivity contribution < 1.29 is 18.0 Å². The van der Waals surface area contributed by atoms with Crippen LogP contribution in [0.15, 0.2) is 83.3 Å². The van der Waals surface area contributed by atoms with Gasteiger partial charge in [-0.1, -0.05) is 90.4 Å². The van der Waals surface area contributed by atoms with Crippen molar-refractivity contribution in [3.63, 3.8) is 0 Å². The summed E-state index contributed by atoms with van der Waals surface area (Å²) in [4.78, 5) is 29.1. The van der Waals surface area contributed by atoms with E-state index in [2.05, 4.69) is 21.2 Å². The number of hydrogen-bond acceptors (Lipinski definition) is 4. The van der Waals surface area contributed by atoms with Crippen molar-refractivity contribution >= 4 is 43.5 Å². The van der Waals surface area contributed by atoms with E-state index in [4.69, 9.17) is 0 Å². The molecule has 1 unspecified atom stereocenters. The second-order valence-corrected chi connectivity index (χ2v) is 12.2. The molecule has 0 aliphatic heterocycles. The second-order valence-electron chi connectivity index (χ2n) is 9.40. The maximum atomic E-state index is 14.1. The number of amides is 2. The number of benzene rings is 3. The molecule has 0 aliphatic carbocycles. The minimum atomic E-state index is -3.80. The van der Waals surface area contributed by atoms with E-state index >= 15 is 0 Å². The average molecular weight is 615 g/mol. The zero-order valence-electron chi connectivity index (χ0n) is 22.6. The van der Waals surface area contributed by atoms with Gasteiger partial charge in [-0.2, -0.15) is 0 Å². The van der Waals surface area contributed by atoms with Gasteiger partial charge < -0.3 is 10.2 Å². The molecule has 0 saturated carbocycles. The van der Waals surface area contributed by atoms with Crippen molar-refractivity contribution in [2.45, 2.75) is 45.7 Å². The first-order chi connectivity index (χ1) is 18.6. The lowest BCUT2D eigenvalue weighted by molar-refractivity contribution is -0.140. The zero-order chi connectivity index (χ0) is 28.4. The van der Waals surface area contributed by atoms with Gasteiger partial charge in [0.1, 0.15) is 12.6 Å². The lowest BCUT2D eigenvalue weighted by Gasteiger charge is -2.34. The molecule has 2 amide bonds. The fourth-order valence-corrected chi connectivity index (χ4v) is 5.73. The summed E-state index contributed by atoms with van der Waals surface area (Å²) >= 11 is 3.49. The largest absolute Gasteiger partial charge is 0.354 e. The number of nitrogens with one attached hydrogen (secondary N) is 1. The average Bonchev–Trinajstić information content (AvgIpc) is 2.92. The highest BCUT2D eigenvalue weighted by Crippen LogP contribution is 2.25. The van der Waals surface area contributed by atoms with Crippen LogP contribution in [-0.2, 0) is 39.0 Å². The van der Waals surface area contributed by atoms with E-state index in [0.717, 1.165) is 38.1 Å². The summed E-state index contributed by atoms with van der Waals surface area (Å²) in [5, 5.41) is 2.94. The Bertz CT molecular complexity index is 1370. The highest BCUT2D eigenvalue weighted by molar-refractivity contribution is 9.10. The predicted octanol–water partition coefficient (Wildman–Crippen LogP) is 4.94. The van der Waals surface area contributed by atoms with Crippen LogP contribution in [0, 0.1) is 0 Å². The summed E-state index contributed by atoms with van der Waals surface area (Å²) < 4.78 is 27.9. The van der Waals surface area contributed by atoms with Crippen LogP contribution in [0.1, 0.15) is 37.0 Å². The minimum Gasteiger partial charge on any atom is -0.354 e. The van der Waals surface area contributed by atoms with Crippen LogP contribution in [0.4, 0.5) is 5.69 Å². The Balaban J connectivity index is 2.06. The third kappa shape index (κ3) is 8.66. The molecule has 0 radical (unpaired) electrons. The number of halogens is 1. The lowest BCUT2D eigenvalue weighted by Crippen LogP contribution is -2.53. The Morgan fingerprint density at radius 1 is 0.923 bits per heavy atom. The molecule has 1 atom stereocenters. The molecule has 0 fully saturated rings. The Morgan fingerprint density at radius 3 is 2.23 bits per heavy atom. The first-order valence-corrected chi connectivity index (χ1v) is 15.7.